The Hall–Kier alpha value is -3.38. The van der Waals surface area contributed by atoms with E-state index in [2.05, 4.69) is 21.2 Å². The first kappa shape index (κ1) is 28.2. The van der Waals surface area contributed by atoms with E-state index in [1.54, 1.807) is 18.2 Å². The van der Waals surface area contributed by atoms with Crippen LogP contribution in [0.3, 0.4) is 0 Å². The topological polar surface area (TPSA) is 89.8 Å². The quantitative estimate of drug-likeness (QED) is 0.193. The third-order valence-corrected chi connectivity index (χ3v) is 6.12. The molecule has 0 aromatic heterocycles. The van der Waals surface area contributed by atoms with Crippen LogP contribution in [0.25, 0.3) is 6.08 Å². The Kier molecular flexibility index (Phi) is 10.1. The van der Waals surface area contributed by atoms with E-state index >= 15 is 0 Å². The summed E-state index contributed by atoms with van der Waals surface area (Å²) in [7, 11) is 2.90. The minimum absolute atomic E-state index is 0.141. The van der Waals surface area contributed by atoms with Crippen LogP contribution in [0.15, 0.2) is 58.6 Å². The molecule has 3 aromatic carbocycles. The van der Waals surface area contributed by atoms with Gasteiger partial charge >= 0.3 is 0 Å². The summed E-state index contributed by atoms with van der Waals surface area (Å²) in [4.78, 5) is 12.9. The number of ether oxygens (including phenoxy) is 4. The fourth-order valence-corrected chi connectivity index (χ4v) is 4.34. The number of nitriles is 1. The molecule has 0 saturated heterocycles. The fraction of sp³-hybridized carbons (Fsp3) is 0.185. The Morgan fingerprint density at radius 2 is 1.81 bits per heavy atom. The second-order valence-electron chi connectivity index (χ2n) is 7.49. The zero-order valence-electron chi connectivity index (χ0n) is 20.2. The molecule has 192 valence electrons. The average Bonchev–Trinajstić information content (AvgIpc) is 2.87. The van der Waals surface area contributed by atoms with Crippen LogP contribution in [-0.4, -0.2) is 26.7 Å². The number of hydrogen-bond acceptors (Lipinski definition) is 6. The Labute approximate surface area is 233 Å². The number of anilines is 1. The standard InChI is InChI=1S/C27H23BrCl2N2O5/c1-4-36-25-11-17(10-20(28)26(25)37-15-16-6-5-7-19(29)9-16)8-18(14-31)27(33)32-22-13-23(34-2)21(30)12-24(22)35-3/h5-13H,4,15H2,1-3H3,(H,32,33)/b18-8+. The maximum Gasteiger partial charge on any atom is 0.266 e. The third kappa shape index (κ3) is 7.32. The smallest absolute Gasteiger partial charge is 0.266 e. The van der Waals surface area contributed by atoms with Gasteiger partial charge in [0.1, 0.15) is 29.7 Å². The number of benzene rings is 3. The first-order valence-corrected chi connectivity index (χ1v) is 12.5. The number of hydrogen-bond donors (Lipinski definition) is 1. The van der Waals surface area contributed by atoms with Crippen molar-refractivity contribution in [3.05, 3.63) is 79.7 Å². The van der Waals surface area contributed by atoms with Gasteiger partial charge < -0.3 is 24.3 Å². The van der Waals surface area contributed by atoms with Gasteiger partial charge in [0.2, 0.25) is 0 Å². The van der Waals surface area contributed by atoms with Crippen LogP contribution in [-0.2, 0) is 11.4 Å². The van der Waals surface area contributed by atoms with Crippen molar-refractivity contribution in [2.45, 2.75) is 13.5 Å². The summed E-state index contributed by atoms with van der Waals surface area (Å²) in [6.45, 7) is 2.50. The zero-order chi connectivity index (χ0) is 26.9. The molecule has 0 saturated carbocycles. The van der Waals surface area contributed by atoms with Crippen LogP contribution in [0.4, 0.5) is 5.69 Å². The van der Waals surface area contributed by atoms with Crippen LogP contribution in [0.2, 0.25) is 10.0 Å². The first-order valence-electron chi connectivity index (χ1n) is 11.0. The molecule has 0 atom stereocenters. The predicted molar refractivity (Wildman–Crippen MR) is 148 cm³/mol. The van der Waals surface area contributed by atoms with Crippen molar-refractivity contribution < 1.29 is 23.7 Å². The lowest BCUT2D eigenvalue weighted by Crippen LogP contribution is -2.14. The molecular formula is C27H23BrCl2N2O5. The lowest BCUT2D eigenvalue weighted by atomic mass is 10.1. The van der Waals surface area contributed by atoms with Gasteiger partial charge in [-0.05, 0) is 64.3 Å². The molecule has 3 rings (SSSR count). The molecule has 0 fully saturated rings. The summed E-state index contributed by atoms with van der Waals surface area (Å²) >= 11 is 15.7. The van der Waals surface area contributed by atoms with Gasteiger partial charge in [-0.1, -0.05) is 35.3 Å². The lowest BCUT2D eigenvalue weighted by molar-refractivity contribution is -0.112. The molecule has 0 unspecified atom stereocenters. The highest BCUT2D eigenvalue weighted by Gasteiger charge is 2.17. The molecule has 0 bridgehead atoms. The van der Waals surface area contributed by atoms with Gasteiger partial charge in [-0.25, -0.2) is 0 Å². The van der Waals surface area contributed by atoms with Gasteiger partial charge in [0.25, 0.3) is 5.91 Å². The molecule has 0 heterocycles. The largest absolute Gasteiger partial charge is 0.495 e. The van der Waals surface area contributed by atoms with E-state index in [-0.39, 0.29) is 12.2 Å². The Morgan fingerprint density at radius 3 is 2.46 bits per heavy atom. The van der Waals surface area contributed by atoms with Gasteiger partial charge in [0, 0.05) is 17.2 Å². The van der Waals surface area contributed by atoms with Crippen LogP contribution in [0.5, 0.6) is 23.0 Å². The molecule has 1 N–H and O–H groups in total. The van der Waals surface area contributed by atoms with Crippen LogP contribution < -0.4 is 24.3 Å². The van der Waals surface area contributed by atoms with E-state index in [1.165, 1.54) is 32.4 Å². The molecule has 37 heavy (non-hydrogen) atoms. The summed E-state index contributed by atoms with van der Waals surface area (Å²) < 4.78 is 22.9. The van der Waals surface area contributed by atoms with Gasteiger partial charge in [-0.3, -0.25) is 4.79 Å². The zero-order valence-corrected chi connectivity index (χ0v) is 23.3. The van der Waals surface area contributed by atoms with Crippen molar-refractivity contribution in [3.63, 3.8) is 0 Å². The predicted octanol–water partition coefficient (Wildman–Crippen LogP) is 7.30. The normalized spacial score (nSPS) is 10.9. The number of nitrogens with one attached hydrogen (secondary N) is 1. The average molecular weight is 606 g/mol. The highest BCUT2D eigenvalue weighted by atomic mass is 79.9. The Bertz CT molecular complexity index is 1370. The van der Waals surface area contributed by atoms with E-state index in [0.29, 0.717) is 55.4 Å². The van der Waals surface area contributed by atoms with Crippen LogP contribution in [0.1, 0.15) is 18.1 Å². The van der Waals surface area contributed by atoms with E-state index in [0.717, 1.165) is 5.56 Å². The van der Waals surface area contributed by atoms with Crippen LogP contribution in [0, 0.1) is 11.3 Å². The van der Waals surface area contributed by atoms with Crippen molar-refractivity contribution >= 4 is 56.8 Å². The number of halogens is 3. The molecule has 0 aliphatic rings. The van der Waals surface area contributed by atoms with Crippen molar-refractivity contribution in [3.8, 4) is 29.1 Å². The van der Waals surface area contributed by atoms with Gasteiger partial charge in [0.15, 0.2) is 11.5 Å². The van der Waals surface area contributed by atoms with Gasteiger partial charge in [0.05, 0.1) is 36.0 Å². The maximum atomic E-state index is 12.9. The molecular weight excluding hydrogens is 583 g/mol. The number of rotatable bonds is 10. The first-order chi connectivity index (χ1) is 17.8. The van der Waals surface area contributed by atoms with Crippen molar-refractivity contribution in [2.75, 3.05) is 26.1 Å². The number of amides is 1. The monoisotopic (exact) mass is 604 g/mol. The Balaban J connectivity index is 1.88. The summed E-state index contributed by atoms with van der Waals surface area (Å²) in [6, 6.07) is 15.7. The minimum Gasteiger partial charge on any atom is -0.495 e. The van der Waals surface area contributed by atoms with Gasteiger partial charge in [-0.15, -0.1) is 0 Å². The molecule has 0 radical (unpaired) electrons. The van der Waals surface area contributed by atoms with E-state index < -0.39 is 5.91 Å². The number of carbonyl (C=O) groups is 1. The molecule has 0 aliphatic heterocycles. The number of nitrogens with zero attached hydrogens (tertiary/aromatic N) is 1. The fourth-order valence-electron chi connectivity index (χ4n) is 3.32. The number of carbonyl (C=O) groups excluding carboxylic acids is 1. The molecule has 1 amide bonds. The highest BCUT2D eigenvalue weighted by molar-refractivity contribution is 9.10. The van der Waals surface area contributed by atoms with E-state index in [4.69, 9.17) is 42.1 Å². The van der Waals surface area contributed by atoms with Crippen molar-refractivity contribution in [1.29, 1.82) is 5.26 Å². The van der Waals surface area contributed by atoms with Crippen molar-refractivity contribution in [2.24, 2.45) is 0 Å². The summed E-state index contributed by atoms with van der Waals surface area (Å²) in [5.41, 5.74) is 1.61. The summed E-state index contributed by atoms with van der Waals surface area (Å²) in [6.07, 6.45) is 1.45. The molecule has 3 aromatic rings. The number of methoxy groups -OCH3 is 2. The second-order valence-corrected chi connectivity index (χ2v) is 9.19. The Morgan fingerprint density at radius 1 is 1.05 bits per heavy atom. The highest BCUT2D eigenvalue weighted by Crippen LogP contribution is 2.39. The second kappa shape index (κ2) is 13.2. The van der Waals surface area contributed by atoms with E-state index in [9.17, 15) is 10.1 Å². The van der Waals surface area contributed by atoms with Crippen molar-refractivity contribution in [1.82, 2.24) is 0 Å². The third-order valence-electron chi connectivity index (χ3n) is 5.00. The SMILES string of the molecule is CCOc1cc(/C=C(\C#N)C(=O)Nc2cc(OC)c(Cl)cc2OC)cc(Br)c1OCc1cccc(Cl)c1. The van der Waals surface area contributed by atoms with Gasteiger partial charge in [-0.2, -0.15) is 5.26 Å². The summed E-state index contributed by atoms with van der Waals surface area (Å²) in [5, 5.41) is 13.3. The van der Waals surface area contributed by atoms with Crippen LogP contribution >= 0.6 is 39.1 Å². The lowest BCUT2D eigenvalue weighted by Gasteiger charge is -2.15. The molecule has 0 aliphatic carbocycles. The maximum absolute atomic E-state index is 12.9. The van der Waals surface area contributed by atoms with E-state index in [1.807, 2.05) is 31.2 Å². The molecule has 0 spiro atoms. The molecule has 7 nitrogen and oxygen atoms in total. The minimum atomic E-state index is -0.638. The molecule has 10 heteroatoms. The summed E-state index contributed by atoms with van der Waals surface area (Å²) in [5.74, 6) is 0.963.